The number of anilines is 1. The summed E-state index contributed by atoms with van der Waals surface area (Å²) in [6, 6.07) is 0. The van der Waals surface area contributed by atoms with Gasteiger partial charge in [0.25, 0.3) is 0 Å². The molecule has 0 unspecified atom stereocenters. The highest BCUT2D eigenvalue weighted by Gasteiger charge is 2.14. The number of nitrogens with one attached hydrogen (secondary N) is 1. The molecule has 0 atom stereocenters. The van der Waals surface area contributed by atoms with E-state index in [9.17, 15) is 4.79 Å². The van der Waals surface area contributed by atoms with Crippen LogP contribution in [0.15, 0.2) is 0 Å². The Hall–Kier alpha value is -1.69. The molecule has 0 bridgehead atoms. The lowest BCUT2D eigenvalue weighted by molar-refractivity contribution is -0.115. The average Bonchev–Trinajstić information content (AvgIpc) is 2.74. The van der Waals surface area contributed by atoms with E-state index in [0.717, 1.165) is 27.5 Å². The molecule has 0 saturated heterocycles. The fraction of sp³-hybridized carbons (Fsp3) is 0.462. The zero-order valence-corrected chi connectivity index (χ0v) is 12.7. The Morgan fingerprint density at radius 3 is 2.42 bits per heavy atom. The number of hydrogen-bond acceptors (Lipinski definition) is 4. The minimum absolute atomic E-state index is 0.0482. The molecule has 2 heterocycles. The van der Waals surface area contributed by atoms with Crippen LogP contribution in [0.4, 0.5) is 5.13 Å². The van der Waals surface area contributed by atoms with Crippen molar-refractivity contribution in [2.45, 2.75) is 34.1 Å². The van der Waals surface area contributed by atoms with Crippen LogP contribution in [0.5, 0.6) is 0 Å². The van der Waals surface area contributed by atoms with Crippen LogP contribution in [-0.2, 0) is 18.3 Å². The van der Waals surface area contributed by atoms with E-state index in [1.165, 1.54) is 11.3 Å². The maximum Gasteiger partial charge on any atom is 0.230 e. The van der Waals surface area contributed by atoms with E-state index >= 15 is 0 Å². The van der Waals surface area contributed by atoms with Gasteiger partial charge in [-0.25, -0.2) is 4.98 Å². The number of hydrogen-bond donors (Lipinski definition) is 1. The maximum absolute atomic E-state index is 12.0. The van der Waals surface area contributed by atoms with Crippen LogP contribution >= 0.6 is 11.3 Å². The van der Waals surface area contributed by atoms with Crippen molar-refractivity contribution in [1.29, 1.82) is 0 Å². The molecule has 2 rings (SSSR count). The summed E-state index contributed by atoms with van der Waals surface area (Å²) >= 11 is 1.50. The number of thiazole rings is 1. The zero-order valence-electron chi connectivity index (χ0n) is 11.9. The lowest BCUT2D eigenvalue weighted by Crippen LogP contribution is -2.15. The lowest BCUT2D eigenvalue weighted by atomic mass is 10.1. The van der Waals surface area contributed by atoms with Gasteiger partial charge in [-0.3, -0.25) is 9.48 Å². The normalized spacial score (nSPS) is 10.8. The second-order valence-electron chi connectivity index (χ2n) is 4.66. The Balaban J connectivity index is 2.09. The van der Waals surface area contributed by atoms with Crippen molar-refractivity contribution in [2.75, 3.05) is 5.32 Å². The summed E-state index contributed by atoms with van der Waals surface area (Å²) in [5, 5.41) is 7.83. The number of aromatic nitrogens is 3. The van der Waals surface area contributed by atoms with Crippen molar-refractivity contribution >= 4 is 22.4 Å². The van der Waals surface area contributed by atoms with Gasteiger partial charge >= 0.3 is 0 Å². The topological polar surface area (TPSA) is 59.8 Å². The van der Waals surface area contributed by atoms with Gasteiger partial charge in [-0.05, 0) is 27.7 Å². The molecule has 5 nitrogen and oxygen atoms in total. The Kier molecular flexibility index (Phi) is 3.71. The first kappa shape index (κ1) is 13.7. The Morgan fingerprint density at radius 1 is 1.26 bits per heavy atom. The number of rotatable bonds is 3. The molecule has 0 spiro atoms. The highest BCUT2D eigenvalue weighted by molar-refractivity contribution is 7.15. The molecule has 102 valence electrons. The van der Waals surface area contributed by atoms with Crippen LogP contribution in [0.2, 0.25) is 0 Å². The van der Waals surface area contributed by atoms with Gasteiger partial charge in [0.1, 0.15) is 0 Å². The van der Waals surface area contributed by atoms with Crippen LogP contribution in [-0.4, -0.2) is 20.7 Å². The molecule has 0 aromatic carbocycles. The molecule has 6 heteroatoms. The smallest absolute Gasteiger partial charge is 0.230 e. The summed E-state index contributed by atoms with van der Waals surface area (Å²) in [5.74, 6) is -0.0482. The van der Waals surface area contributed by atoms with Crippen LogP contribution < -0.4 is 5.32 Å². The van der Waals surface area contributed by atoms with E-state index in [1.807, 2.05) is 34.7 Å². The molecular weight excluding hydrogens is 260 g/mol. The van der Waals surface area contributed by atoms with Gasteiger partial charge in [-0.15, -0.1) is 11.3 Å². The quantitative estimate of drug-likeness (QED) is 0.937. The minimum atomic E-state index is -0.0482. The maximum atomic E-state index is 12.0. The summed E-state index contributed by atoms with van der Waals surface area (Å²) in [7, 11) is 1.89. The van der Waals surface area contributed by atoms with E-state index in [4.69, 9.17) is 0 Å². The third kappa shape index (κ3) is 2.84. The molecule has 1 N–H and O–H groups in total. The first-order valence-electron chi connectivity index (χ1n) is 6.11. The summed E-state index contributed by atoms with van der Waals surface area (Å²) in [5.41, 5.74) is 3.89. The molecule has 0 aliphatic heterocycles. The predicted molar refractivity (Wildman–Crippen MR) is 76.6 cm³/mol. The molecular formula is C13H18N4OS. The van der Waals surface area contributed by atoms with E-state index in [1.54, 1.807) is 4.68 Å². The Morgan fingerprint density at radius 2 is 1.95 bits per heavy atom. The standard InChI is InChI=1S/C13H18N4OS/c1-7-10(4)19-13(14-7)15-12(18)6-11-8(2)16-17(5)9(11)3/h6H2,1-5H3,(H,14,15,18). The van der Waals surface area contributed by atoms with Crippen molar-refractivity contribution in [2.24, 2.45) is 7.05 Å². The second-order valence-corrected chi connectivity index (χ2v) is 5.86. The van der Waals surface area contributed by atoms with Gasteiger partial charge in [-0.2, -0.15) is 5.10 Å². The monoisotopic (exact) mass is 278 g/mol. The van der Waals surface area contributed by atoms with Gasteiger partial charge in [0.05, 0.1) is 17.8 Å². The molecule has 2 aromatic rings. The van der Waals surface area contributed by atoms with Gasteiger partial charge < -0.3 is 5.32 Å². The number of aryl methyl sites for hydroxylation is 4. The molecule has 19 heavy (non-hydrogen) atoms. The summed E-state index contributed by atoms with van der Waals surface area (Å²) < 4.78 is 1.80. The second kappa shape index (κ2) is 5.13. The fourth-order valence-corrected chi connectivity index (χ4v) is 2.75. The van der Waals surface area contributed by atoms with Crippen LogP contribution in [0, 0.1) is 27.7 Å². The third-order valence-corrected chi connectivity index (χ3v) is 4.26. The lowest BCUT2D eigenvalue weighted by Gasteiger charge is -2.02. The van der Waals surface area contributed by atoms with Crippen molar-refractivity contribution in [1.82, 2.24) is 14.8 Å². The number of carbonyl (C=O) groups is 1. The van der Waals surface area contributed by atoms with Gasteiger partial charge in [0.2, 0.25) is 5.91 Å². The van der Waals surface area contributed by atoms with Gasteiger partial charge in [0, 0.05) is 23.2 Å². The summed E-state index contributed by atoms with van der Waals surface area (Å²) in [6.07, 6.45) is 0.336. The first-order chi connectivity index (χ1) is 8.88. The highest BCUT2D eigenvalue weighted by Crippen LogP contribution is 2.21. The van der Waals surface area contributed by atoms with Crippen LogP contribution in [0.3, 0.4) is 0 Å². The summed E-state index contributed by atoms with van der Waals surface area (Å²) in [4.78, 5) is 17.5. The molecule has 0 aliphatic rings. The van der Waals surface area contributed by atoms with Crippen LogP contribution in [0.1, 0.15) is 27.5 Å². The van der Waals surface area contributed by atoms with Crippen molar-refractivity contribution in [3.05, 3.63) is 27.5 Å². The van der Waals surface area contributed by atoms with E-state index in [-0.39, 0.29) is 5.91 Å². The van der Waals surface area contributed by atoms with E-state index in [2.05, 4.69) is 15.4 Å². The first-order valence-corrected chi connectivity index (χ1v) is 6.93. The van der Waals surface area contributed by atoms with E-state index in [0.29, 0.717) is 11.6 Å². The van der Waals surface area contributed by atoms with Gasteiger partial charge in [-0.1, -0.05) is 0 Å². The largest absolute Gasteiger partial charge is 0.302 e. The molecule has 1 amide bonds. The SMILES string of the molecule is Cc1nc(NC(=O)Cc2c(C)nn(C)c2C)sc1C. The number of nitrogens with zero attached hydrogens (tertiary/aromatic N) is 3. The predicted octanol–water partition coefficient (Wildman–Crippen LogP) is 2.29. The summed E-state index contributed by atoms with van der Waals surface area (Å²) in [6.45, 7) is 7.84. The third-order valence-electron chi connectivity index (χ3n) is 3.27. The minimum Gasteiger partial charge on any atom is -0.302 e. The average molecular weight is 278 g/mol. The van der Waals surface area contributed by atoms with Crippen molar-refractivity contribution in [3.8, 4) is 0 Å². The van der Waals surface area contributed by atoms with Crippen molar-refractivity contribution in [3.63, 3.8) is 0 Å². The van der Waals surface area contributed by atoms with E-state index < -0.39 is 0 Å². The molecule has 0 saturated carbocycles. The fourth-order valence-electron chi connectivity index (χ4n) is 1.92. The number of amides is 1. The van der Waals surface area contributed by atoms with Crippen molar-refractivity contribution < 1.29 is 4.79 Å². The molecule has 2 aromatic heterocycles. The van der Waals surface area contributed by atoms with Gasteiger partial charge in [0.15, 0.2) is 5.13 Å². The Labute approximate surface area is 116 Å². The molecule has 0 fully saturated rings. The highest BCUT2D eigenvalue weighted by atomic mass is 32.1. The zero-order chi connectivity index (χ0) is 14.2. The molecule has 0 aliphatic carbocycles. The molecule has 0 radical (unpaired) electrons. The number of carbonyl (C=O) groups excluding carboxylic acids is 1. The Bertz CT molecular complexity index is 607. The van der Waals surface area contributed by atoms with Crippen LogP contribution in [0.25, 0.3) is 0 Å².